The van der Waals surface area contributed by atoms with E-state index in [1.54, 1.807) is 18.2 Å². The first-order valence-electron chi connectivity index (χ1n) is 8.91. The predicted molar refractivity (Wildman–Crippen MR) is 111 cm³/mol. The zero-order chi connectivity index (χ0) is 19.9. The molecule has 28 heavy (non-hydrogen) atoms. The van der Waals surface area contributed by atoms with Gasteiger partial charge < -0.3 is 9.15 Å². The number of carbonyl (C=O) groups excluding carboxylic acids is 1. The maximum Gasteiger partial charge on any atom is 0.277 e. The van der Waals surface area contributed by atoms with Crippen molar-refractivity contribution in [3.63, 3.8) is 0 Å². The molecule has 1 aromatic heterocycles. The summed E-state index contributed by atoms with van der Waals surface area (Å²) in [4.78, 5) is 11.8. The van der Waals surface area contributed by atoms with Crippen LogP contribution in [-0.2, 0) is 4.79 Å². The van der Waals surface area contributed by atoms with E-state index >= 15 is 0 Å². The van der Waals surface area contributed by atoms with E-state index in [2.05, 4.69) is 24.4 Å². The number of hydrazone groups is 1. The lowest BCUT2D eigenvalue weighted by atomic mass is 10.0. The van der Waals surface area contributed by atoms with Gasteiger partial charge in [-0.1, -0.05) is 37.6 Å². The van der Waals surface area contributed by atoms with Crippen molar-refractivity contribution in [1.29, 1.82) is 0 Å². The minimum absolute atomic E-state index is 0.119. The zero-order valence-corrected chi connectivity index (χ0v) is 16.4. The van der Waals surface area contributed by atoms with Gasteiger partial charge in [-0.05, 0) is 60.0 Å². The molecule has 144 valence electrons. The van der Waals surface area contributed by atoms with Gasteiger partial charge in [-0.25, -0.2) is 5.43 Å². The average molecular weight is 397 g/mol. The van der Waals surface area contributed by atoms with E-state index in [1.165, 1.54) is 11.8 Å². The smallest absolute Gasteiger partial charge is 0.277 e. The Bertz CT molecular complexity index is 945. The molecule has 1 heterocycles. The second kappa shape index (κ2) is 9.24. The molecule has 6 heteroatoms. The Hall–Kier alpha value is -3.05. The molecule has 5 nitrogen and oxygen atoms in total. The minimum atomic E-state index is -0.353. The number of amides is 1. The normalized spacial score (nSPS) is 11.1. The van der Waals surface area contributed by atoms with E-state index in [-0.39, 0.29) is 12.5 Å². The number of hydrogen-bond donors (Lipinski definition) is 1. The molecular weight excluding hydrogens is 376 g/mol. The van der Waals surface area contributed by atoms with Crippen LogP contribution in [0.3, 0.4) is 0 Å². The van der Waals surface area contributed by atoms with Crippen LogP contribution in [0.25, 0.3) is 11.3 Å². The predicted octanol–water partition coefficient (Wildman–Crippen LogP) is 5.25. The lowest BCUT2D eigenvalue weighted by Crippen LogP contribution is -2.24. The van der Waals surface area contributed by atoms with Gasteiger partial charge in [0, 0.05) is 10.6 Å². The van der Waals surface area contributed by atoms with Crippen molar-refractivity contribution in [2.75, 3.05) is 6.61 Å². The third kappa shape index (κ3) is 5.47. The second-order valence-electron chi connectivity index (χ2n) is 6.51. The molecule has 1 N–H and O–H groups in total. The fourth-order valence-electron chi connectivity index (χ4n) is 2.49. The molecule has 0 aliphatic rings. The molecule has 0 atom stereocenters. The number of hydrogen-bond acceptors (Lipinski definition) is 4. The molecule has 0 spiro atoms. The number of nitrogens with one attached hydrogen (secondary N) is 1. The van der Waals surface area contributed by atoms with E-state index in [0.717, 1.165) is 5.56 Å². The number of halogens is 1. The van der Waals surface area contributed by atoms with Crippen molar-refractivity contribution < 1.29 is 13.9 Å². The van der Waals surface area contributed by atoms with Gasteiger partial charge in [0.25, 0.3) is 5.91 Å². The first kappa shape index (κ1) is 19.7. The van der Waals surface area contributed by atoms with Gasteiger partial charge in [0.05, 0.1) is 6.21 Å². The zero-order valence-electron chi connectivity index (χ0n) is 15.7. The van der Waals surface area contributed by atoms with Crippen LogP contribution in [-0.4, -0.2) is 18.7 Å². The quantitative estimate of drug-likeness (QED) is 0.438. The number of carbonyl (C=O) groups is 1. The van der Waals surface area contributed by atoms with Crippen LogP contribution in [0.4, 0.5) is 0 Å². The number of ether oxygens (including phenoxy) is 1. The van der Waals surface area contributed by atoms with Crippen molar-refractivity contribution in [2.24, 2.45) is 5.10 Å². The molecule has 1 amide bonds. The second-order valence-corrected chi connectivity index (χ2v) is 6.95. The Kier molecular flexibility index (Phi) is 6.50. The summed E-state index contributed by atoms with van der Waals surface area (Å²) in [6.07, 6.45) is 1.44. The molecule has 0 bridgehead atoms. The summed E-state index contributed by atoms with van der Waals surface area (Å²) in [5.74, 6) is 1.96. The number of furan rings is 1. The molecule has 0 unspecified atom stereocenters. The highest BCUT2D eigenvalue weighted by Crippen LogP contribution is 2.23. The molecule has 0 aliphatic carbocycles. The number of nitrogens with zero attached hydrogens (tertiary/aromatic N) is 1. The third-order valence-electron chi connectivity index (χ3n) is 4.05. The highest BCUT2D eigenvalue weighted by molar-refractivity contribution is 6.30. The highest BCUT2D eigenvalue weighted by Gasteiger charge is 2.05. The van der Waals surface area contributed by atoms with Crippen LogP contribution < -0.4 is 10.2 Å². The van der Waals surface area contributed by atoms with Gasteiger partial charge in [-0.3, -0.25) is 4.79 Å². The van der Waals surface area contributed by atoms with Gasteiger partial charge in [0.15, 0.2) is 6.61 Å². The van der Waals surface area contributed by atoms with Crippen LogP contribution in [0.1, 0.15) is 31.1 Å². The summed E-state index contributed by atoms with van der Waals surface area (Å²) in [5.41, 5.74) is 4.54. The molecular formula is C22H21ClN2O3. The number of rotatable bonds is 7. The van der Waals surface area contributed by atoms with Crippen LogP contribution in [0, 0.1) is 0 Å². The third-order valence-corrected chi connectivity index (χ3v) is 4.31. The van der Waals surface area contributed by atoms with Gasteiger partial charge in [0.1, 0.15) is 17.3 Å². The van der Waals surface area contributed by atoms with E-state index in [1.807, 2.05) is 42.5 Å². The van der Waals surface area contributed by atoms with Crippen LogP contribution >= 0.6 is 11.6 Å². The van der Waals surface area contributed by atoms with E-state index in [0.29, 0.717) is 28.2 Å². The van der Waals surface area contributed by atoms with Crippen molar-refractivity contribution >= 4 is 23.7 Å². The Labute approximate surface area is 169 Å². The van der Waals surface area contributed by atoms with Gasteiger partial charge in [-0.2, -0.15) is 5.10 Å². The summed E-state index contributed by atoms with van der Waals surface area (Å²) in [6.45, 7) is 4.13. The lowest BCUT2D eigenvalue weighted by molar-refractivity contribution is -0.123. The van der Waals surface area contributed by atoms with Crippen molar-refractivity contribution in [3.05, 3.63) is 77.0 Å². The molecule has 3 aromatic rings. The Morgan fingerprint density at radius 2 is 1.82 bits per heavy atom. The Balaban J connectivity index is 1.48. The maximum atomic E-state index is 11.8. The topological polar surface area (TPSA) is 63.8 Å². The molecule has 3 rings (SSSR count). The largest absolute Gasteiger partial charge is 0.484 e. The van der Waals surface area contributed by atoms with Crippen molar-refractivity contribution in [2.45, 2.75) is 19.8 Å². The highest BCUT2D eigenvalue weighted by atomic mass is 35.5. The molecule has 0 saturated heterocycles. The molecule has 0 saturated carbocycles. The molecule has 0 aliphatic heterocycles. The van der Waals surface area contributed by atoms with E-state index in [4.69, 9.17) is 20.8 Å². The SMILES string of the molecule is CC(C)c1ccc(OCC(=O)N/N=C/c2ccc(-c3ccc(Cl)cc3)o2)cc1. The van der Waals surface area contributed by atoms with Gasteiger partial charge in [-0.15, -0.1) is 0 Å². The van der Waals surface area contributed by atoms with E-state index < -0.39 is 0 Å². The molecule has 0 fully saturated rings. The Morgan fingerprint density at radius 3 is 2.50 bits per heavy atom. The summed E-state index contributed by atoms with van der Waals surface area (Å²) in [6, 6.07) is 18.6. The molecule has 0 radical (unpaired) electrons. The van der Waals surface area contributed by atoms with Crippen LogP contribution in [0.2, 0.25) is 5.02 Å². The fourth-order valence-corrected chi connectivity index (χ4v) is 2.62. The lowest BCUT2D eigenvalue weighted by Gasteiger charge is -2.08. The minimum Gasteiger partial charge on any atom is -0.484 e. The van der Waals surface area contributed by atoms with Gasteiger partial charge >= 0.3 is 0 Å². The summed E-state index contributed by atoms with van der Waals surface area (Å²) in [7, 11) is 0. The fraction of sp³-hybridized carbons (Fsp3) is 0.182. The van der Waals surface area contributed by atoms with Crippen LogP contribution in [0.15, 0.2) is 70.2 Å². The summed E-state index contributed by atoms with van der Waals surface area (Å²) >= 11 is 5.88. The van der Waals surface area contributed by atoms with E-state index in [9.17, 15) is 4.79 Å². The van der Waals surface area contributed by atoms with Crippen LogP contribution in [0.5, 0.6) is 5.75 Å². The first-order chi connectivity index (χ1) is 13.5. The number of benzene rings is 2. The maximum absolute atomic E-state index is 11.8. The van der Waals surface area contributed by atoms with Gasteiger partial charge in [0.2, 0.25) is 0 Å². The van der Waals surface area contributed by atoms with Crippen molar-refractivity contribution in [3.8, 4) is 17.1 Å². The summed E-state index contributed by atoms with van der Waals surface area (Å²) < 4.78 is 11.1. The first-order valence-corrected chi connectivity index (χ1v) is 9.29. The Morgan fingerprint density at radius 1 is 1.11 bits per heavy atom. The average Bonchev–Trinajstić information content (AvgIpc) is 3.16. The monoisotopic (exact) mass is 396 g/mol. The summed E-state index contributed by atoms with van der Waals surface area (Å²) in [5, 5.41) is 4.56. The standard InChI is InChI=1S/C22H21ClN2O3/c1-15(2)16-5-9-19(10-6-16)27-14-22(26)25-24-13-20-11-12-21(28-20)17-3-7-18(23)8-4-17/h3-13,15H,14H2,1-2H3,(H,25,26)/b24-13+. The molecule has 2 aromatic carbocycles. The van der Waals surface area contributed by atoms with Crippen molar-refractivity contribution in [1.82, 2.24) is 5.43 Å².